The van der Waals surface area contributed by atoms with Crippen LogP contribution < -0.4 is 16.2 Å². The number of hydrogen-bond donors (Lipinski definition) is 3. The summed E-state index contributed by atoms with van der Waals surface area (Å²) in [6.07, 6.45) is 3.24. The van der Waals surface area contributed by atoms with Crippen molar-refractivity contribution in [2.24, 2.45) is 0 Å². The highest BCUT2D eigenvalue weighted by molar-refractivity contribution is 6.08. The van der Waals surface area contributed by atoms with Crippen LogP contribution in [0.2, 0.25) is 0 Å². The fourth-order valence-corrected chi connectivity index (χ4v) is 3.51. The SMILES string of the molecule is Cc1ccc(F)cc1NC(=O)c1cnn2c(C3CCNCC3)cc(=O)[nH]c12. The fraction of sp³-hybridized carbons (Fsp3) is 0.316. The molecular formula is C19H20FN5O2. The van der Waals surface area contributed by atoms with Gasteiger partial charge < -0.3 is 15.6 Å². The molecule has 0 aliphatic carbocycles. The number of aryl methyl sites for hydroxylation is 1. The van der Waals surface area contributed by atoms with Crippen LogP contribution in [-0.4, -0.2) is 33.6 Å². The lowest BCUT2D eigenvalue weighted by Crippen LogP contribution is -2.28. The van der Waals surface area contributed by atoms with E-state index in [-0.39, 0.29) is 17.0 Å². The molecule has 27 heavy (non-hydrogen) atoms. The smallest absolute Gasteiger partial charge is 0.261 e. The second-order valence-corrected chi connectivity index (χ2v) is 6.81. The van der Waals surface area contributed by atoms with E-state index in [1.165, 1.54) is 18.3 Å². The number of aromatic nitrogens is 3. The molecule has 0 radical (unpaired) electrons. The highest BCUT2D eigenvalue weighted by Gasteiger charge is 2.22. The third-order valence-corrected chi connectivity index (χ3v) is 4.98. The Morgan fingerprint density at radius 3 is 2.85 bits per heavy atom. The zero-order valence-electron chi connectivity index (χ0n) is 14.9. The van der Waals surface area contributed by atoms with Gasteiger partial charge in [-0.15, -0.1) is 0 Å². The van der Waals surface area contributed by atoms with Crippen molar-refractivity contribution in [3.05, 3.63) is 63.5 Å². The highest BCUT2D eigenvalue weighted by Crippen LogP contribution is 2.25. The standard InChI is InChI=1S/C19H20FN5O2/c1-11-2-3-13(20)8-15(11)23-19(27)14-10-22-25-16(9-17(26)24-18(14)25)12-4-6-21-7-5-12/h2-3,8-10,12,21H,4-7H2,1H3,(H,23,27)(H,24,26). The Morgan fingerprint density at radius 1 is 1.30 bits per heavy atom. The van der Waals surface area contributed by atoms with Crippen LogP contribution in [0, 0.1) is 12.7 Å². The predicted molar refractivity (Wildman–Crippen MR) is 99.7 cm³/mol. The molecule has 7 nitrogen and oxygen atoms in total. The third kappa shape index (κ3) is 3.35. The van der Waals surface area contributed by atoms with Crippen LogP contribution in [-0.2, 0) is 0 Å². The lowest BCUT2D eigenvalue weighted by molar-refractivity contribution is 0.102. The number of carbonyl (C=O) groups excluding carboxylic acids is 1. The van der Waals surface area contributed by atoms with Crippen LogP contribution in [0.5, 0.6) is 0 Å². The van der Waals surface area contributed by atoms with Crippen molar-refractivity contribution in [2.75, 3.05) is 18.4 Å². The van der Waals surface area contributed by atoms with Gasteiger partial charge in [0.15, 0.2) is 0 Å². The van der Waals surface area contributed by atoms with Crippen molar-refractivity contribution in [3.8, 4) is 0 Å². The molecule has 0 spiro atoms. The van der Waals surface area contributed by atoms with E-state index in [1.54, 1.807) is 23.6 Å². The summed E-state index contributed by atoms with van der Waals surface area (Å²) in [5.41, 5.74) is 2.25. The van der Waals surface area contributed by atoms with E-state index in [9.17, 15) is 14.0 Å². The van der Waals surface area contributed by atoms with Crippen molar-refractivity contribution < 1.29 is 9.18 Å². The Morgan fingerprint density at radius 2 is 2.07 bits per heavy atom. The number of amides is 1. The van der Waals surface area contributed by atoms with E-state index in [4.69, 9.17) is 0 Å². The molecule has 8 heteroatoms. The Hall–Kier alpha value is -3.00. The molecular weight excluding hydrogens is 349 g/mol. The van der Waals surface area contributed by atoms with Crippen molar-refractivity contribution in [1.29, 1.82) is 0 Å². The third-order valence-electron chi connectivity index (χ3n) is 4.98. The molecule has 1 amide bonds. The summed E-state index contributed by atoms with van der Waals surface area (Å²) in [5.74, 6) is -0.675. The van der Waals surface area contributed by atoms with E-state index in [1.807, 2.05) is 0 Å². The van der Waals surface area contributed by atoms with Gasteiger partial charge in [0.25, 0.3) is 11.5 Å². The minimum absolute atomic E-state index is 0.206. The Kier molecular flexibility index (Phi) is 4.49. The Balaban J connectivity index is 1.72. The minimum atomic E-state index is -0.447. The zero-order valence-corrected chi connectivity index (χ0v) is 14.9. The van der Waals surface area contributed by atoms with E-state index < -0.39 is 11.7 Å². The summed E-state index contributed by atoms with van der Waals surface area (Å²) in [7, 11) is 0. The van der Waals surface area contributed by atoms with E-state index in [2.05, 4.69) is 20.7 Å². The van der Waals surface area contributed by atoms with Gasteiger partial charge in [0, 0.05) is 17.7 Å². The molecule has 3 N–H and O–H groups in total. The van der Waals surface area contributed by atoms with Crippen LogP contribution in [0.4, 0.5) is 10.1 Å². The summed E-state index contributed by atoms with van der Waals surface area (Å²) in [4.78, 5) is 27.6. The number of carbonyl (C=O) groups is 1. The molecule has 0 unspecified atom stereocenters. The number of halogens is 1. The molecule has 140 valence electrons. The van der Waals surface area contributed by atoms with Crippen molar-refractivity contribution in [3.63, 3.8) is 0 Å². The topological polar surface area (TPSA) is 91.3 Å². The molecule has 2 aromatic heterocycles. The maximum atomic E-state index is 13.5. The monoisotopic (exact) mass is 369 g/mol. The average Bonchev–Trinajstić information content (AvgIpc) is 3.08. The maximum absolute atomic E-state index is 13.5. The number of hydrogen-bond acceptors (Lipinski definition) is 4. The van der Waals surface area contributed by atoms with Crippen LogP contribution >= 0.6 is 0 Å². The summed E-state index contributed by atoms with van der Waals surface area (Å²) >= 11 is 0. The van der Waals surface area contributed by atoms with Crippen LogP contribution in [0.15, 0.2) is 35.3 Å². The molecule has 1 aliphatic heterocycles. The fourth-order valence-electron chi connectivity index (χ4n) is 3.51. The summed E-state index contributed by atoms with van der Waals surface area (Å²) in [6.45, 7) is 3.54. The first-order valence-corrected chi connectivity index (χ1v) is 8.92. The molecule has 3 aromatic rings. The first kappa shape index (κ1) is 17.4. The number of benzene rings is 1. The average molecular weight is 369 g/mol. The quantitative estimate of drug-likeness (QED) is 0.660. The van der Waals surface area contributed by atoms with Gasteiger partial charge in [-0.05, 0) is 50.6 Å². The molecule has 1 aliphatic rings. The number of H-pyrrole nitrogens is 1. The second-order valence-electron chi connectivity index (χ2n) is 6.81. The molecule has 4 rings (SSSR count). The van der Waals surface area contributed by atoms with E-state index in [0.717, 1.165) is 37.2 Å². The molecule has 0 atom stereocenters. The summed E-state index contributed by atoms with van der Waals surface area (Å²) in [5, 5.41) is 10.3. The number of fused-ring (bicyclic) bond motifs is 1. The van der Waals surface area contributed by atoms with Crippen molar-refractivity contribution >= 4 is 17.2 Å². The van der Waals surface area contributed by atoms with Crippen LogP contribution in [0.25, 0.3) is 5.65 Å². The lowest BCUT2D eigenvalue weighted by Gasteiger charge is -2.23. The van der Waals surface area contributed by atoms with E-state index in [0.29, 0.717) is 11.3 Å². The summed E-state index contributed by atoms with van der Waals surface area (Å²) in [6, 6.07) is 5.75. The molecule has 0 saturated carbocycles. The lowest BCUT2D eigenvalue weighted by atomic mass is 9.94. The number of anilines is 1. The van der Waals surface area contributed by atoms with Gasteiger partial charge in [-0.3, -0.25) is 9.59 Å². The van der Waals surface area contributed by atoms with Gasteiger partial charge in [0.2, 0.25) is 0 Å². The van der Waals surface area contributed by atoms with Gasteiger partial charge in [-0.2, -0.15) is 5.10 Å². The van der Waals surface area contributed by atoms with Gasteiger partial charge in [0.1, 0.15) is 17.0 Å². The van der Waals surface area contributed by atoms with Gasteiger partial charge >= 0.3 is 0 Å². The van der Waals surface area contributed by atoms with Gasteiger partial charge in [-0.1, -0.05) is 6.07 Å². The van der Waals surface area contributed by atoms with Gasteiger partial charge in [0.05, 0.1) is 11.9 Å². The highest BCUT2D eigenvalue weighted by atomic mass is 19.1. The van der Waals surface area contributed by atoms with Crippen molar-refractivity contribution in [1.82, 2.24) is 19.9 Å². The number of rotatable bonds is 3. The van der Waals surface area contributed by atoms with Crippen molar-refractivity contribution in [2.45, 2.75) is 25.7 Å². The van der Waals surface area contributed by atoms with E-state index >= 15 is 0 Å². The molecule has 3 heterocycles. The minimum Gasteiger partial charge on any atom is -0.321 e. The second kappa shape index (κ2) is 6.96. The van der Waals surface area contributed by atoms with Gasteiger partial charge in [-0.25, -0.2) is 8.91 Å². The first-order valence-electron chi connectivity index (χ1n) is 8.92. The molecule has 1 saturated heterocycles. The largest absolute Gasteiger partial charge is 0.321 e. The normalized spacial score (nSPS) is 15.2. The molecule has 0 bridgehead atoms. The van der Waals surface area contributed by atoms with Crippen LogP contribution in [0.3, 0.4) is 0 Å². The zero-order chi connectivity index (χ0) is 19.0. The summed E-state index contributed by atoms with van der Waals surface area (Å²) < 4.78 is 15.1. The first-order chi connectivity index (χ1) is 13.0. The molecule has 1 aromatic carbocycles. The Bertz CT molecular complexity index is 1070. The number of piperidine rings is 1. The molecule has 1 fully saturated rings. The van der Waals surface area contributed by atoms with Crippen LogP contribution in [0.1, 0.15) is 40.4 Å². The number of aromatic amines is 1. The number of nitrogens with one attached hydrogen (secondary N) is 3. The number of nitrogens with zero attached hydrogens (tertiary/aromatic N) is 2. The predicted octanol–water partition coefficient (Wildman–Crippen LogP) is 2.19. The Labute approximate surface area is 154 Å². The maximum Gasteiger partial charge on any atom is 0.261 e.